The second kappa shape index (κ2) is 4.18. The molecular weight excluding hydrogens is 156 g/mol. The summed E-state index contributed by atoms with van der Waals surface area (Å²) >= 11 is 0. The first kappa shape index (κ1) is 9.15. The quantitative estimate of drug-likeness (QED) is 0.612. The average molecular weight is 170 g/mol. The van der Waals surface area contributed by atoms with E-state index in [0.717, 1.165) is 17.8 Å². The fraction of sp³-hybridized carbons (Fsp3) is 0.714. The first-order chi connectivity index (χ1) is 5.79. The second-order valence-corrected chi connectivity index (χ2v) is 2.61. The molecule has 0 saturated carbocycles. The van der Waals surface area contributed by atoms with Crippen LogP contribution in [0.5, 0.6) is 0 Å². The van der Waals surface area contributed by atoms with Crippen LogP contribution in [0, 0.1) is 6.92 Å². The Balaban J connectivity index is 2.74. The zero-order chi connectivity index (χ0) is 8.97. The summed E-state index contributed by atoms with van der Waals surface area (Å²) in [6.07, 6.45) is 0.747. The van der Waals surface area contributed by atoms with Gasteiger partial charge >= 0.3 is 0 Å². The Bertz CT molecular complexity index is 222. The summed E-state index contributed by atoms with van der Waals surface area (Å²) in [5.41, 5.74) is 7.30. The Morgan fingerprint density at radius 2 is 2.33 bits per heavy atom. The number of rotatable bonds is 4. The third-order valence-corrected chi connectivity index (χ3v) is 1.77. The van der Waals surface area contributed by atoms with E-state index < -0.39 is 0 Å². The van der Waals surface area contributed by atoms with Gasteiger partial charge in [0.2, 0.25) is 0 Å². The molecule has 5 nitrogen and oxygen atoms in total. The SMILES string of the molecule is Cc1c(CCN)nnn1CCO. The van der Waals surface area contributed by atoms with Gasteiger partial charge in [0, 0.05) is 6.42 Å². The molecule has 68 valence electrons. The third kappa shape index (κ3) is 1.80. The smallest absolute Gasteiger partial charge is 0.0868 e. The van der Waals surface area contributed by atoms with Crippen molar-refractivity contribution in [3.8, 4) is 0 Å². The molecule has 0 saturated heterocycles. The molecule has 0 aliphatic carbocycles. The van der Waals surface area contributed by atoms with Crippen LogP contribution in [-0.2, 0) is 13.0 Å². The van der Waals surface area contributed by atoms with E-state index in [-0.39, 0.29) is 6.61 Å². The minimum Gasteiger partial charge on any atom is -0.394 e. The van der Waals surface area contributed by atoms with Gasteiger partial charge in [-0.1, -0.05) is 5.21 Å². The molecular formula is C7H14N4O. The monoisotopic (exact) mass is 170 g/mol. The summed E-state index contributed by atoms with van der Waals surface area (Å²) in [6, 6.07) is 0. The van der Waals surface area contributed by atoms with Crippen LogP contribution in [0.15, 0.2) is 0 Å². The van der Waals surface area contributed by atoms with Crippen LogP contribution in [0.4, 0.5) is 0 Å². The fourth-order valence-corrected chi connectivity index (χ4v) is 1.07. The molecule has 12 heavy (non-hydrogen) atoms. The van der Waals surface area contributed by atoms with Gasteiger partial charge in [-0.25, -0.2) is 4.68 Å². The normalized spacial score (nSPS) is 10.6. The number of aliphatic hydroxyl groups excluding tert-OH is 1. The molecule has 0 fully saturated rings. The Morgan fingerprint density at radius 3 is 2.92 bits per heavy atom. The van der Waals surface area contributed by atoms with Crippen molar-refractivity contribution in [1.29, 1.82) is 0 Å². The van der Waals surface area contributed by atoms with Crippen LogP contribution >= 0.6 is 0 Å². The van der Waals surface area contributed by atoms with E-state index in [1.807, 2.05) is 6.92 Å². The van der Waals surface area contributed by atoms with Gasteiger partial charge in [-0.15, -0.1) is 5.10 Å². The molecule has 0 aliphatic rings. The Morgan fingerprint density at radius 1 is 1.58 bits per heavy atom. The van der Waals surface area contributed by atoms with Crippen molar-refractivity contribution in [1.82, 2.24) is 15.0 Å². The number of hydrogen-bond donors (Lipinski definition) is 2. The lowest BCUT2D eigenvalue weighted by Crippen LogP contribution is -2.07. The molecule has 3 N–H and O–H groups in total. The van der Waals surface area contributed by atoms with Crippen molar-refractivity contribution >= 4 is 0 Å². The molecule has 1 aromatic heterocycles. The molecule has 0 aliphatic heterocycles. The number of nitrogens with zero attached hydrogens (tertiary/aromatic N) is 3. The predicted molar refractivity (Wildman–Crippen MR) is 44.6 cm³/mol. The van der Waals surface area contributed by atoms with E-state index in [9.17, 15) is 0 Å². The Labute approximate surface area is 71.2 Å². The molecule has 0 radical (unpaired) electrons. The number of aliphatic hydroxyl groups is 1. The summed E-state index contributed by atoms with van der Waals surface area (Å²) in [6.45, 7) is 3.11. The van der Waals surface area contributed by atoms with E-state index in [2.05, 4.69) is 10.3 Å². The van der Waals surface area contributed by atoms with Crippen LogP contribution < -0.4 is 5.73 Å². The summed E-state index contributed by atoms with van der Waals surface area (Å²) in [5.74, 6) is 0. The van der Waals surface area contributed by atoms with E-state index in [4.69, 9.17) is 10.8 Å². The van der Waals surface area contributed by atoms with Crippen LogP contribution in [0.3, 0.4) is 0 Å². The van der Waals surface area contributed by atoms with Crippen molar-refractivity contribution < 1.29 is 5.11 Å². The van der Waals surface area contributed by atoms with Crippen molar-refractivity contribution in [3.63, 3.8) is 0 Å². The average Bonchev–Trinajstić information content (AvgIpc) is 2.38. The highest BCUT2D eigenvalue weighted by Crippen LogP contribution is 2.02. The number of hydrogen-bond acceptors (Lipinski definition) is 4. The van der Waals surface area contributed by atoms with Crippen LogP contribution in [0.1, 0.15) is 11.4 Å². The zero-order valence-corrected chi connectivity index (χ0v) is 7.19. The first-order valence-corrected chi connectivity index (χ1v) is 3.99. The van der Waals surface area contributed by atoms with Gasteiger partial charge in [-0.2, -0.15) is 0 Å². The molecule has 0 amide bonds. The highest BCUT2D eigenvalue weighted by atomic mass is 16.3. The summed E-state index contributed by atoms with van der Waals surface area (Å²) in [5, 5.41) is 16.5. The molecule has 1 aromatic rings. The van der Waals surface area contributed by atoms with Gasteiger partial charge in [-0.3, -0.25) is 0 Å². The van der Waals surface area contributed by atoms with E-state index >= 15 is 0 Å². The Kier molecular flexibility index (Phi) is 3.19. The molecule has 0 atom stereocenters. The standard InChI is InChI=1S/C7H14N4O/c1-6-7(2-3-8)9-10-11(6)4-5-12/h12H,2-5,8H2,1H3. The molecule has 0 aromatic carbocycles. The highest BCUT2D eigenvalue weighted by molar-refractivity contribution is 5.07. The van der Waals surface area contributed by atoms with Crippen molar-refractivity contribution in [2.24, 2.45) is 5.73 Å². The van der Waals surface area contributed by atoms with Crippen molar-refractivity contribution in [3.05, 3.63) is 11.4 Å². The van der Waals surface area contributed by atoms with Crippen molar-refractivity contribution in [2.75, 3.05) is 13.2 Å². The lowest BCUT2D eigenvalue weighted by atomic mass is 10.2. The lowest BCUT2D eigenvalue weighted by molar-refractivity contribution is 0.266. The van der Waals surface area contributed by atoms with Crippen LogP contribution in [-0.4, -0.2) is 33.3 Å². The minimum absolute atomic E-state index is 0.0895. The largest absolute Gasteiger partial charge is 0.394 e. The molecule has 0 bridgehead atoms. The molecule has 0 unspecified atom stereocenters. The summed E-state index contributed by atoms with van der Waals surface area (Å²) < 4.78 is 1.69. The maximum atomic E-state index is 8.67. The highest BCUT2D eigenvalue weighted by Gasteiger charge is 2.05. The minimum atomic E-state index is 0.0895. The zero-order valence-electron chi connectivity index (χ0n) is 7.19. The van der Waals surface area contributed by atoms with E-state index in [1.54, 1.807) is 4.68 Å². The van der Waals surface area contributed by atoms with Crippen LogP contribution in [0.25, 0.3) is 0 Å². The van der Waals surface area contributed by atoms with Gasteiger partial charge in [0.05, 0.1) is 24.5 Å². The number of nitrogens with two attached hydrogens (primary N) is 1. The van der Waals surface area contributed by atoms with E-state index in [1.165, 1.54) is 0 Å². The van der Waals surface area contributed by atoms with Crippen LogP contribution in [0.2, 0.25) is 0 Å². The third-order valence-electron chi connectivity index (χ3n) is 1.77. The van der Waals surface area contributed by atoms with Gasteiger partial charge in [0.25, 0.3) is 0 Å². The summed E-state index contributed by atoms with van der Waals surface area (Å²) in [7, 11) is 0. The van der Waals surface area contributed by atoms with Gasteiger partial charge < -0.3 is 10.8 Å². The maximum absolute atomic E-state index is 8.67. The second-order valence-electron chi connectivity index (χ2n) is 2.61. The van der Waals surface area contributed by atoms with Gasteiger partial charge in [-0.05, 0) is 13.5 Å². The van der Waals surface area contributed by atoms with Gasteiger partial charge in [0.1, 0.15) is 0 Å². The lowest BCUT2D eigenvalue weighted by Gasteiger charge is -1.99. The molecule has 1 heterocycles. The number of aromatic nitrogens is 3. The van der Waals surface area contributed by atoms with Crippen molar-refractivity contribution in [2.45, 2.75) is 19.9 Å². The first-order valence-electron chi connectivity index (χ1n) is 3.99. The summed E-state index contributed by atoms with van der Waals surface area (Å²) in [4.78, 5) is 0. The molecule has 1 rings (SSSR count). The Hall–Kier alpha value is -0.940. The fourth-order valence-electron chi connectivity index (χ4n) is 1.07. The molecule has 5 heteroatoms. The predicted octanol–water partition coefficient (Wildman–Crippen LogP) is -0.920. The topological polar surface area (TPSA) is 77.0 Å². The van der Waals surface area contributed by atoms with E-state index in [0.29, 0.717) is 13.1 Å². The maximum Gasteiger partial charge on any atom is 0.0868 e. The molecule has 0 spiro atoms. The van der Waals surface area contributed by atoms with Gasteiger partial charge in [0.15, 0.2) is 0 Å².